The highest BCUT2D eigenvalue weighted by atomic mass is 16.5. The Balaban J connectivity index is 2.28. The molecule has 0 saturated carbocycles. The van der Waals surface area contributed by atoms with Gasteiger partial charge in [-0.05, 0) is 35.4 Å². The number of unbranched alkanes of at least 4 members (excludes halogenated alkanes) is 1. The van der Waals surface area contributed by atoms with Crippen LogP contribution >= 0.6 is 0 Å². The first-order valence-electron chi connectivity index (χ1n) is 9.36. The summed E-state index contributed by atoms with van der Waals surface area (Å²) in [6, 6.07) is 17.3. The number of phenols is 1. The number of fused-ring (bicyclic) bond motifs is 1. The molecule has 0 unspecified atom stereocenters. The molecular weight excluding hydrogens is 352 g/mol. The van der Waals surface area contributed by atoms with Gasteiger partial charge in [-0.3, -0.25) is 0 Å². The minimum atomic E-state index is -0.990. The van der Waals surface area contributed by atoms with Crippen molar-refractivity contribution in [3.8, 4) is 11.5 Å². The number of aromatic hydroxyl groups is 1. The Labute approximate surface area is 164 Å². The van der Waals surface area contributed by atoms with Crippen LogP contribution in [0.15, 0.2) is 60.7 Å². The highest BCUT2D eigenvalue weighted by Gasteiger charge is 2.20. The van der Waals surface area contributed by atoms with Gasteiger partial charge in [0.2, 0.25) is 0 Å². The van der Waals surface area contributed by atoms with Crippen molar-refractivity contribution < 1.29 is 19.7 Å². The maximum absolute atomic E-state index is 11.9. The molecule has 0 spiro atoms. The van der Waals surface area contributed by atoms with E-state index in [0.717, 1.165) is 17.5 Å². The molecule has 0 aromatic heterocycles. The fraction of sp³-hybridized carbons (Fsp3) is 0.208. The maximum atomic E-state index is 11.9. The summed E-state index contributed by atoms with van der Waals surface area (Å²) in [6.45, 7) is 2.00. The number of allylic oxidation sites excluding steroid dienone is 1. The van der Waals surface area contributed by atoms with Gasteiger partial charge in [-0.25, -0.2) is 4.79 Å². The summed E-state index contributed by atoms with van der Waals surface area (Å²) in [5.41, 5.74) is 2.81. The maximum Gasteiger partial charge on any atom is 0.335 e. The summed E-state index contributed by atoms with van der Waals surface area (Å²) in [5, 5.41) is 22.0. The Morgan fingerprint density at radius 2 is 1.86 bits per heavy atom. The molecular formula is C24H24O4. The number of ether oxygens (including phenoxy) is 1. The molecule has 0 radical (unpaired) electrons. The molecule has 2 N–H and O–H groups in total. The smallest absolute Gasteiger partial charge is 0.335 e. The quantitative estimate of drug-likeness (QED) is 0.541. The Bertz CT molecular complexity index is 1020. The molecule has 4 nitrogen and oxygen atoms in total. The number of carboxylic acid groups (broad SMARTS) is 1. The van der Waals surface area contributed by atoms with Crippen molar-refractivity contribution in [3.63, 3.8) is 0 Å². The van der Waals surface area contributed by atoms with Gasteiger partial charge in [0.1, 0.15) is 0 Å². The first-order valence-corrected chi connectivity index (χ1v) is 9.36. The molecule has 0 aliphatic rings. The van der Waals surface area contributed by atoms with Crippen LogP contribution in [0.2, 0.25) is 0 Å². The zero-order chi connectivity index (χ0) is 20.1. The van der Waals surface area contributed by atoms with Crippen LogP contribution in [-0.2, 0) is 11.2 Å². The zero-order valence-electron chi connectivity index (χ0n) is 16.1. The van der Waals surface area contributed by atoms with Crippen LogP contribution in [0.25, 0.3) is 16.3 Å². The van der Waals surface area contributed by atoms with E-state index in [9.17, 15) is 15.0 Å². The fourth-order valence-corrected chi connectivity index (χ4v) is 3.45. The lowest BCUT2D eigenvalue weighted by Crippen LogP contribution is -2.02. The molecule has 3 aromatic rings. The van der Waals surface area contributed by atoms with Crippen molar-refractivity contribution in [2.24, 2.45) is 0 Å². The third kappa shape index (κ3) is 3.86. The predicted molar refractivity (Wildman–Crippen MR) is 112 cm³/mol. The van der Waals surface area contributed by atoms with Gasteiger partial charge >= 0.3 is 5.97 Å². The van der Waals surface area contributed by atoms with Gasteiger partial charge in [0.05, 0.1) is 12.7 Å². The van der Waals surface area contributed by atoms with Crippen molar-refractivity contribution in [2.45, 2.75) is 26.2 Å². The van der Waals surface area contributed by atoms with Gasteiger partial charge in [0, 0.05) is 10.9 Å². The molecule has 0 heterocycles. The molecule has 0 aliphatic carbocycles. The molecule has 0 saturated heterocycles. The molecule has 0 aliphatic heterocycles. The molecule has 4 heteroatoms. The molecule has 3 aromatic carbocycles. The summed E-state index contributed by atoms with van der Waals surface area (Å²) in [7, 11) is 1.47. The highest BCUT2D eigenvalue weighted by molar-refractivity contribution is 6.20. The Kier molecular flexibility index (Phi) is 5.99. The van der Waals surface area contributed by atoms with Gasteiger partial charge in [0.25, 0.3) is 0 Å². The lowest BCUT2D eigenvalue weighted by Gasteiger charge is -2.16. The van der Waals surface area contributed by atoms with E-state index in [1.54, 1.807) is 12.1 Å². The second-order valence-corrected chi connectivity index (χ2v) is 6.69. The minimum Gasteiger partial charge on any atom is -0.504 e. The molecule has 0 amide bonds. The first-order chi connectivity index (χ1) is 13.6. The lowest BCUT2D eigenvalue weighted by molar-refractivity contribution is -0.130. The number of rotatable bonds is 7. The van der Waals surface area contributed by atoms with E-state index in [4.69, 9.17) is 4.74 Å². The van der Waals surface area contributed by atoms with Crippen molar-refractivity contribution >= 4 is 22.3 Å². The summed E-state index contributed by atoms with van der Waals surface area (Å²) in [6.07, 6.45) is 3.87. The van der Waals surface area contributed by atoms with Crippen LogP contribution in [0.3, 0.4) is 0 Å². The van der Waals surface area contributed by atoms with Crippen LogP contribution in [0.5, 0.6) is 11.5 Å². The monoisotopic (exact) mass is 376 g/mol. The van der Waals surface area contributed by atoms with E-state index in [2.05, 4.69) is 0 Å². The molecule has 0 atom stereocenters. The second-order valence-electron chi connectivity index (χ2n) is 6.69. The first kappa shape index (κ1) is 19.5. The number of hydrogen-bond donors (Lipinski definition) is 2. The van der Waals surface area contributed by atoms with Crippen molar-refractivity contribution in [1.29, 1.82) is 0 Å². The molecule has 28 heavy (non-hydrogen) atoms. The van der Waals surface area contributed by atoms with Crippen LogP contribution in [0, 0.1) is 0 Å². The Hall–Kier alpha value is -3.27. The molecule has 0 bridgehead atoms. The molecule has 0 fully saturated rings. The average molecular weight is 376 g/mol. The van der Waals surface area contributed by atoms with Crippen LogP contribution in [-0.4, -0.2) is 23.3 Å². The molecule has 144 valence electrons. The van der Waals surface area contributed by atoms with E-state index < -0.39 is 5.97 Å². The minimum absolute atomic E-state index is 0.0352. The van der Waals surface area contributed by atoms with E-state index >= 15 is 0 Å². The van der Waals surface area contributed by atoms with Gasteiger partial charge < -0.3 is 14.9 Å². The van der Waals surface area contributed by atoms with Crippen LogP contribution in [0.1, 0.15) is 36.5 Å². The predicted octanol–water partition coefficient (Wildman–Crippen LogP) is 5.41. The van der Waals surface area contributed by atoms with E-state index in [1.807, 2.05) is 55.5 Å². The summed E-state index contributed by atoms with van der Waals surface area (Å²) in [5.74, 6) is -0.685. The van der Waals surface area contributed by atoms with Crippen molar-refractivity contribution in [3.05, 3.63) is 77.4 Å². The Morgan fingerprint density at radius 3 is 2.50 bits per heavy atom. The van der Waals surface area contributed by atoms with E-state index in [1.165, 1.54) is 7.11 Å². The van der Waals surface area contributed by atoms with Gasteiger partial charge in [0.15, 0.2) is 11.5 Å². The zero-order valence-corrected chi connectivity index (χ0v) is 16.1. The second kappa shape index (κ2) is 8.61. The number of benzene rings is 3. The fourth-order valence-electron chi connectivity index (χ4n) is 3.45. The summed E-state index contributed by atoms with van der Waals surface area (Å²) >= 11 is 0. The number of methoxy groups -OCH3 is 1. The number of aliphatic carboxylic acids is 1. The average Bonchev–Trinajstić information content (AvgIpc) is 2.70. The number of carbonyl (C=O) groups is 1. The summed E-state index contributed by atoms with van der Waals surface area (Å²) < 4.78 is 5.36. The summed E-state index contributed by atoms with van der Waals surface area (Å²) in [4.78, 5) is 11.9. The normalized spacial score (nSPS) is 11.6. The third-order valence-corrected chi connectivity index (χ3v) is 4.80. The van der Waals surface area contributed by atoms with Crippen molar-refractivity contribution in [2.75, 3.05) is 7.11 Å². The number of carboxylic acids is 1. The number of phenolic OH excluding ortho intramolecular Hbond substituents is 1. The van der Waals surface area contributed by atoms with Crippen LogP contribution in [0.4, 0.5) is 0 Å². The van der Waals surface area contributed by atoms with Crippen molar-refractivity contribution in [1.82, 2.24) is 0 Å². The topological polar surface area (TPSA) is 66.8 Å². The van der Waals surface area contributed by atoms with Gasteiger partial charge in [-0.15, -0.1) is 0 Å². The highest BCUT2D eigenvalue weighted by Crippen LogP contribution is 2.41. The van der Waals surface area contributed by atoms with E-state index in [0.29, 0.717) is 29.2 Å². The van der Waals surface area contributed by atoms with Gasteiger partial charge in [-0.2, -0.15) is 0 Å². The largest absolute Gasteiger partial charge is 0.504 e. The standard InChI is InChI=1S/C24H24O4/c1-3-4-12-19(24(26)27)20-15-21(28-2)23(25)22-17(11-8-13-18(20)22)14-16-9-6-5-7-10-16/h5-13,15,25H,3-4,14H2,1-2H3,(H,26,27). The van der Waals surface area contributed by atoms with E-state index in [-0.39, 0.29) is 17.1 Å². The molecule has 3 rings (SSSR count). The SMILES string of the molecule is CCCC=C(C(=O)O)c1cc(OC)c(O)c2c(Cc3ccccc3)cccc12. The van der Waals surface area contributed by atoms with Gasteiger partial charge in [-0.1, -0.05) is 68.0 Å². The van der Waals surface area contributed by atoms with Crippen LogP contribution < -0.4 is 4.74 Å². The lowest BCUT2D eigenvalue weighted by atomic mass is 9.91. The number of hydrogen-bond acceptors (Lipinski definition) is 3. The Morgan fingerprint density at radius 1 is 1.11 bits per heavy atom. The third-order valence-electron chi connectivity index (χ3n) is 4.80.